The van der Waals surface area contributed by atoms with Crippen molar-refractivity contribution >= 4 is 29.5 Å². The average Bonchev–Trinajstić information content (AvgIpc) is 2.85. The fourth-order valence-electron chi connectivity index (χ4n) is 1.92. The number of nitrogens with zero attached hydrogens (tertiary/aromatic N) is 1. The smallest absolute Gasteiger partial charge is 0.363 e. The van der Waals surface area contributed by atoms with E-state index in [9.17, 15) is 13.6 Å². The molecule has 0 bridgehead atoms. The van der Waals surface area contributed by atoms with Gasteiger partial charge in [-0.25, -0.2) is 18.6 Å². The Balaban J connectivity index is 2.00. The molecule has 0 amide bonds. The van der Waals surface area contributed by atoms with Crippen molar-refractivity contribution in [1.82, 2.24) is 0 Å². The molecule has 1 aliphatic rings. The molecule has 0 radical (unpaired) electrons. The summed E-state index contributed by atoms with van der Waals surface area (Å²) in [7, 11) is 0. The lowest BCUT2D eigenvalue weighted by atomic mass is 10.2. The first-order chi connectivity index (χ1) is 10.5. The second-order valence-corrected chi connectivity index (χ2v) is 4.90. The number of cyclic esters (lactones) is 1. The number of halogens is 3. The van der Waals surface area contributed by atoms with Gasteiger partial charge in [0, 0.05) is 0 Å². The fraction of sp³-hybridized carbons (Fsp3) is 0. The molecule has 6 heteroatoms. The van der Waals surface area contributed by atoms with E-state index in [-0.39, 0.29) is 22.2 Å². The first kappa shape index (κ1) is 14.4. The fourth-order valence-corrected chi connectivity index (χ4v) is 2.15. The zero-order chi connectivity index (χ0) is 15.7. The number of ether oxygens (including phenoxy) is 1. The van der Waals surface area contributed by atoms with Crippen LogP contribution in [0, 0.1) is 11.6 Å². The van der Waals surface area contributed by atoms with Crippen molar-refractivity contribution in [2.24, 2.45) is 4.99 Å². The van der Waals surface area contributed by atoms with E-state index < -0.39 is 17.6 Å². The molecule has 3 nitrogen and oxygen atoms in total. The molecule has 0 saturated heterocycles. The third-order valence-electron chi connectivity index (χ3n) is 2.96. The molecule has 0 aromatic heterocycles. The molecule has 3 rings (SSSR count). The lowest BCUT2D eigenvalue weighted by Gasteiger charge is -2.03. The summed E-state index contributed by atoms with van der Waals surface area (Å²) in [5.74, 6) is -3.02. The SMILES string of the molecule is O=C1OC(c2cc(F)c(F)cc2Cl)=NC1=Cc1ccccc1. The van der Waals surface area contributed by atoms with Crippen molar-refractivity contribution in [2.45, 2.75) is 0 Å². The van der Waals surface area contributed by atoms with Crippen LogP contribution in [0.5, 0.6) is 0 Å². The minimum atomic E-state index is -1.10. The molecule has 110 valence electrons. The monoisotopic (exact) mass is 319 g/mol. The Bertz CT molecular complexity index is 816. The van der Waals surface area contributed by atoms with E-state index in [1.54, 1.807) is 12.1 Å². The van der Waals surface area contributed by atoms with Crippen LogP contribution in [0.25, 0.3) is 6.08 Å². The van der Waals surface area contributed by atoms with Crippen LogP contribution in [0.15, 0.2) is 53.2 Å². The highest BCUT2D eigenvalue weighted by molar-refractivity contribution is 6.34. The Hall–Kier alpha value is -2.53. The van der Waals surface area contributed by atoms with Crippen LogP contribution in [0.1, 0.15) is 11.1 Å². The first-order valence-electron chi connectivity index (χ1n) is 6.27. The maximum atomic E-state index is 13.3. The maximum absolute atomic E-state index is 13.3. The van der Waals surface area contributed by atoms with Gasteiger partial charge in [-0.15, -0.1) is 0 Å². The third-order valence-corrected chi connectivity index (χ3v) is 3.28. The van der Waals surface area contributed by atoms with Crippen LogP contribution >= 0.6 is 11.6 Å². The molecule has 0 unspecified atom stereocenters. The highest BCUT2D eigenvalue weighted by Gasteiger charge is 2.26. The van der Waals surface area contributed by atoms with Crippen molar-refractivity contribution in [3.63, 3.8) is 0 Å². The van der Waals surface area contributed by atoms with E-state index in [1.165, 1.54) is 6.08 Å². The minimum Gasteiger partial charge on any atom is -0.402 e. The van der Waals surface area contributed by atoms with Gasteiger partial charge in [-0.1, -0.05) is 41.9 Å². The minimum absolute atomic E-state index is 0.0189. The molecule has 1 aliphatic heterocycles. The number of benzene rings is 2. The average molecular weight is 320 g/mol. The van der Waals surface area contributed by atoms with Crippen LogP contribution in [0.3, 0.4) is 0 Å². The molecule has 0 aliphatic carbocycles. The highest BCUT2D eigenvalue weighted by atomic mass is 35.5. The second kappa shape index (κ2) is 5.69. The first-order valence-corrected chi connectivity index (χ1v) is 6.65. The Kier molecular flexibility index (Phi) is 3.73. The van der Waals surface area contributed by atoms with Gasteiger partial charge in [0.05, 0.1) is 10.6 Å². The molecule has 1 heterocycles. The molecule has 2 aromatic carbocycles. The lowest BCUT2D eigenvalue weighted by molar-refractivity contribution is -0.129. The van der Waals surface area contributed by atoms with Crippen molar-refractivity contribution in [3.05, 3.63) is 75.9 Å². The van der Waals surface area contributed by atoms with Crippen LogP contribution in [0.2, 0.25) is 5.02 Å². The number of esters is 1. The topological polar surface area (TPSA) is 38.7 Å². The molecule has 0 fully saturated rings. The normalized spacial score (nSPS) is 15.9. The number of carbonyl (C=O) groups excluding carboxylic acids is 1. The highest BCUT2D eigenvalue weighted by Crippen LogP contribution is 2.25. The van der Waals surface area contributed by atoms with Crippen molar-refractivity contribution in [2.75, 3.05) is 0 Å². The molecule has 22 heavy (non-hydrogen) atoms. The summed E-state index contributed by atoms with van der Waals surface area (Å²) in [6.07, 6.45) is 1.53. The predicted octanol–water partition coefficient (Wildman–Crippen LogP) is 3.96. The summed E-state index contributed by atoms with van der Waals surface area (Å²) in [5, 5.41) is -0.0913. The molecule has 0 atom stereocenters. The third kappa shape index (κ3) is 2.76. The largest absolute Gasteiger partial charge is 0.402 e. The summed E-state index contributed by atoms with van der Waals surface area (Å²) in [6, 6.07) is 10.7. The van der Waals surface area contributed by atoms with E-state index >= 15 is 0 Å². The summed E-state index contributed by atoms with van der Waals surface area (Å²) in [6.45, 7) is 0. The lowest BCUT2D eigenvalue weighted by Crippen LogP contribution is -2.07. The maximum Gasteiger partial charge on any atom is 0.363 e. The van der Waals surface area contributed by atoms with Crippen LogP contribution in [-0.4, -0.2) is 11.9 Å². The van der Waals surface area contributed by atoms with Crippen molar-refractivity contribution in [3.8, 4) is 0 Å². The van der Waals surface area contributed by atoms with Gasteiger partial charge >= 0.3 is 5.97 Å². The number of hydrogen-bond donors (Lipinski definition) is 0. The Labute approximate surface area is 129 Å². The van der Waals surface area contributed by atoms with E-state index in [4.69, 9.17) is 16.3 Å². The predicted molar refractivity (Wildman–Crippen MR) is 78.4 cm³/mol. The molecule has 0 N–H and O–H groups in total. The quantitative estimate of drug-likeness (QED) is 0.477. The van der Waals surface area contributed by atoms with E-state index in [2.05, 4.69) is 4.99 Å². The number of aliphatic imine (C=N–C) groups is 1. The molecule has 0 spiro atoms. The van der Waals surface area contributed by atoms with Gasteiger partial charge in [0.25, 0.3) is 0 Å². The standard InChI is InChI=1S/C16H8ClF2NO2/c17-11-8-13(19)12(18)7-10(11)15-20-14(16(21)22-15)6-9-4-2-1-3-5-9/h1-8H. The van der Waals surface area contributed by atoms with Crippen molar-refractivity contribution in [1.29, 1.82) is 0 Å². The molecule has 0 saturated carbocycles. The summed E-state index contributed by atoms with van der Waals surface area (Å²) >= 11 is 5.84. The number of rotatable bonds is 2. The van der Waals surface area contributed by atoms with Gasteiger partial charge in [-0.05, 0) is 23.8 Å². The van der Waals surface area contributed by atoms with E-state index in [0.717, 1.165) is 17.7 Å². The number of carbonyl (C=O) groups is 1. The van der Waals surface area contributed by atoms with Gasteiger partial charge in [-0.2, -0.15) is 0 Å². The van der Waals surface area contributed by atoms with Crippen molar-refractivity contribution < 1.29 is 18.3 Å². The van der Waals surface area contributed by atoms with Gasteiger partial charge in [-0.3, -0.25) is 0 Å². The van der Waals surface area contributed by atoms with Crippen LogP contribution in [0.4, 0.5) is 8.78 Å². The number of hydrogen-bond acceptors (Lipinski definition) is 3. The molecular formula is C16H8ClF2NO2. The van der Waals surface area contributed by atoms with Gasteiger partial charge in [0.2, 0.25) is 5.90 Å². The summed E-state index contributed by atoms with van der Waals surface area (Å²) < 4.78 is 31.4. The van der Waals surface area contributed by atoms with Gasteiger partial charge in [0.15, 0.2) is 17.3 Å². The molecule has 2 aromatic rings. The van der Waals surface area contributed by atoms with E-state index in [1.807, 2.05) is 18.2 Å². The summed E-state index contributed by atoms with van der Waals surface area (Å²) in [4.78, 5) is 15.8. The van der Waals surface area contributed by atoms with Gasteiger partial charge in [0.1, 0.15) is 0 Å². The Morgan fingerprint density at radius 3 is 2.50 bits per heavy atom. The molecular weight excluding hydrogens is 312 g/mol. The Morgan fingerprint density at radius 2 is 1.77 bits per heavy atom. The van der Waals surface area contributed by atoms with Gasteiger partial charge < -0.3 is 4.74 Å². The summed E-state index contributed by atoms with van der Waals surface area (Å²) in [5.41, 5.74) is 0.836. The Morgan fingerprint density at radius 1 is 1.09 bits per heavy atom. The zero-order valence-electron chi connectivity index (χ0n) is 11.0. The van der Waals surface area contributed by atoms with Crippen LogP contribution < -0.4 is 0 Å². The second-order valence-electron chi connectivity index (χ2n) is 4.49. The zero-order valence-corrected chi connectivity index (χ0v) is 11.8. The van der Waals surface area contributed by atoms with E-state index in [0.29, 0.717) is 0 Å². The van der Waals surface area contributed by atoms with Crippen LogP contribution in [-0.2, 0) is 9.53 Å².